The van der Waals surface area contributed by atoms with Crippen LogP contribution in [0.25, 0.3) is 0 Å². The summed E-state index contributed by atoms with van der Waals surface area (Å²) >= 11 is 0. The Bertz CT molecular complexity index is 1580. The SMILES string of the molecule is CC(C)C[C@@H]1NC(=O)[C@@H](Cc2ccccc2)NC(=O)c2ccc(cc2)CN(C(=O)c2cccc(O)c2)CCCCNC(=O)[C@@H](C)NC1=O. The maximum atomic E-state index is 13.7. The van der Waals surface area contributed by atoms with Gasteiger partial charge >= 0.3 is 0 Å². The Labute approximate surface area is 281 Å². The monoisotopic (exact) mass is 655 g/mol. The Balaban J connectivity index is 1.62. The number of benzene rings is 3. The second kappa shape index (κ2) is 17.1. The molecule has 0 aromatic heterocycles. The molecule has 3 aromatic carbocycles. The first kappa shape index (κ1) is 35.7. The van der Waals surface area contributed by atoms with Crippen LogP contribution in [0.4, 0.5) is 0 Å². The smallest absolute Gasteiger partial charge is 0.254 e. The molecular weight excluding hydrogens is 610 g/mol. The van der Waals surface area contributed by atoms with Gasteiger partial charge in [-0.15, -0.1) is 0 Å². The summed E-state index contributed by atoms with van der Waals surface area (Å²) in [6.45, 7) is 6.41. The lowest BCUT2D eigenvalue weighted by Crippen LogP contribution is -2.57. The van der Waals surface area contributed by atoms with Crippen molar-refractivity contribution >= 4 is 29.5 Å². The Morgan fingerprint density at radius 1 is 0.833 bits per heavy atom. The minimum atomic E-state index is -0.993. The largest absolute Gasteiger partial charge is 0.508 e. The van der Waals surface area contributed by atoms with Gasteiger partial charge in [0, 0.05) is 37.2 Å². The Hall–Kier alpha value is -5.19. The molecule has 2 aliphatic heterocycles. The number of nitrogens with zero attached hydrogens (tertiary/aromatic N) is 1. The van der Waals surface area contributed by atoms with E-state index in [0.717, 1.165) is 11.1 Å². The number of nitrogens with one attached hydrogen (secondary N) is 4. The molecule has 2 heterocycles. The third kappa shape index (κ3) is 10.4. The van der Waals surface area contributed by atoms with Gasteiger partial charge in [0.2, 0.25) is 17.7 Å². The third-order valence-electron chi connectivity index (χ3n) is 8.12. The zero-order valence-corrected chi connectivity index (χ0v) is 27.7. The van der Waals surface area contributed by atoms with Crippen molar-refractivity contribution in [3.05, 3.63) is 101 Å². The maximum absolute atomic E-state index is 13.7. The van der Waals surface area contributed by atoms with Gasteiger partial charge in [0.1, 0.15) is 23.9 Å². The van der Waals surface area contributed by atoms with Crippen LogP contribution in [-0.2, 0) is 27.3 Å². The molecule has 0 fully saturated rings. The summed E-state index contributed by atoms with van der Waals surface area (Å²) in [5.74, 6) is -2.08. The summed E-state index contributed by atoms with van der Waals surface area (Å²) in [6.07, 6.45) is 1.68. The van der Waals surface area contributed by atoms with Crippen molar-refractivity contribution in [1.29, 1.82) is 0 Å². The van der Waals surface area contributed by atoms with Crippen LogP contribution in [0.5, 0.6) is 5.75 Å². The average Bonchev–Trinajstić information content (AvgIpc) is 3.06. The molecule has 11 nitrogen and oxygen atoms in total. The average molecular weight is 656 g/mol. The van der Waals surface area contributed by atoms with Crippen molar-refractivity contribution in [1.82, 2.24) is 26.2 Å². The number of hydrogen-bond acceptors (Lipinski definition) is 6. The van der Waals surface area contributed by atoms with Crippen molar-refractivity contribution in [2.75, 3.05) is 13.1 Å². The van der Waals surface area contributed by atoms with Crippen LogP contribution >= 0.6 is 0 Å². The van der Waals surface area contributed by atoms with E-state index in [2.05, 4.69) is 21.3 Å². The summed E-state index contributed by atoms with van der Waals surface area (Å²) in [5.41, 5.74) is 2.28. The number of hydrogen-bond donors (Lipinski definition) is 5. The van der Waals surface area contributed by atoms with Gasteiger partial charge in [0.25, 0.3) is 11.8 Å². The molecule has 0 radical (unpaired) electrons. The molecule has 5 rings (SSSR count). The van der Waals surface area contributed by atoms with Gasteiger partial charge in [-0.2, -0.15) is 0 Å². The first-order chi connectivity index (χ1) is 23.0. The fraction of sp³-hybridized carbons (Fsp3) is 0.378. The lowest BCUT2D eigenvalue weighted by atomic mass is 10.0. The van der Waals surface area contributed by atoms with Crippen LogP contribution in [0.15, 0.2) is 78.9 Å². The number of phenolic OH excluding ortho intramolecular Hbond substituents is 1. The molecular formula is C37H45N5O6. The second-order valence-corrected chi connectivity index (χ2v) is 12.6. The Morgan fingerprint density at radius 2 is 1.54 bits per heavy atom. The van der Waals surface area contributed by atoms with E-state index in [4.69, 9.17) is 0 Å². The molecule has 0 saturated carbocycles. The first-order valence-electron chi connectivity index (χ1n) is 16.4. The molecule has 48 heavy (non-hydrogen) atoms. The van der Waals surface area contributed by atoms with Gasteiger partial charge in [-0.1, -0.05) is 62.4 Å². The van der Waals surface area contributed by atoms with E-state index in [1.165, 1.54) is 12.1 Å². The van der Waals surface area contributed by atoms with Gasteiger partial charge < -0.3 is 31.3 Å². The molecule has 5 amide bonds. The van der Waals surface area contributed by atoms with Crippen molar-refractivity contribution in [2.45, 2.75) is 71.1 Å². The topological polar surface area (TPSA) is 157 Å². The van der Waals surface area contributed by atoms with Crippen LogP contribution in [0.3, 0.4) is 0 Å². The highest BCUT2D eigenvalue weighted by molar-refractivity contribution is 5.99. The number of phenols is 1. The standard InChI is InChI=1S/C37H45N5O6/c1-24(2)20-31-35(46)39-25(3)33(44)38-18-7-8-19-42(37(48)29-12-9-13-30(43)22-29)23-27-14-16-28(17-15-27)34(45)40-32(36(47)41-31)21-26-10-5-4-6-11-26/h4-6,9-17,22,24-25,31-32,43H,7-8,18-21,23H2,1-3H3,(H,38,44)(H,39,46)(H,40,45)(H,41,47)/t25-,31+,32-/m1/s1. The summed E-state index contributed by atoms with van der Waals surface area (Å²) in [6, 6.07) is 19.5. The predicted octanol–water partition coefficient (Wildman–Crippen LogP) is 3.32. The van der Waals surface area contributed by atoms with Gasteiger partial charge in [-0.3, -0.25) is 24.0 Å². The molecule has 3 aromatic rings. The number of amides is 5. The van der Waals surface area contributed by atoms with E-state index in [1.807, 2.05) is 44.2 Å². The number of carbonyl (C=O) groups is 5. The van der Waals surface area contributed by atoms with Gasteiger partial charge in [0.05, 0.1) is 0 Å². The quantitative estimate of drug-likeness (QED) is 0.266. The highest BCUT2D eigenvalue weighted by Gasteiger charge is 2.29. The van der Waals surface area contributed by atoms with Crippen LogP contribution < -0.4 is 21.3 Å². The Morgan fingerprint density at radius 3 is 2.23 bits per heavy atom. The summed E-state index contributed by atoms with van der Waals surface area (Å²) in [7, 11) is 0. The van der Waals surface area contributed by atoms with Crippen LogP contribution in [0.1, 0.15) is 71.9 Å². The number of carbonyl (C=O) groups excluding carboxylic acids is 5. The molecule has 3 atom stereocenters. The number of rotatable bonds is 5. The van der Waals surface area contributed by atoms with E-state index in [-0.39, 0.29) is 36.4 Å². The third-order valence-corrected chi connectivity index (χ3v) is 8.12. The Kier molecular flexibility index (Phi) is 12.7. The number of fused-ring (bicyclic) bond motifs is 18. The van der Waals surface area contributed by atoms with E-state index in [1.54, 1.807) is 48.2 Å². The van der Waals surface area contributed by atoms with Crippen molar-refractivity contribution < 1.29 is 29.1 Å². The molecule has 0 unspecified atom stereocenters. The lowest BCUT2D eigenvalue weighted by Gasteiger charge is -2.25. The molecule has 2 aliphatic rings. The highest BCUT2D eigenvalue weighted by Crippen LogP contribution is 2.17. The molecule has 0 saturated heterocycles. The fourth-order valence-corrected chi connectivity index (χ4v) is 5.50. The zero-order chi connectivity index (χ0) is 34.6. The van der Waals surface area contributed by atoms with Gasteiger partial charge in [0.15, 0.2) is 0 Å². The van der Waals surface area contributed by atoms with E-state index in [9.17, 15) is 29.1 Å². The lowest BCUT2D eigenvalue weighted by molar-refractivity contribution is -0.132. The minimum Gasteiger partial charge on any atom is -0.508 e. The van der Waals surface area contributed by atoms with Gasteiger partial charge in [-0.05, 0) is 73.6 Å². The van der Waals surface area contributed by atoms with Crippen molar-refractivity contribution in [3.63, 3.8) is 0 Å². The molecule has 254 valence electrons. The molecule has 0 aliphatic carbocycles. The summed E-state index contributed by atoms with van der Waals surface area (Å²) in [5, 5.41) is 21.2. The maximum Gasteiger partial charge on any atom is 0.254 e. The molecule has 2 bridgehead atoms. The van der Waals surface area contributed by atoms with E-state index < -0.39 is 35.8 Å². The molecule has 11 heteroatoms. The van der Waals surface area contributed by atoms with E-state index in [0.29, 0.717) is 43.5 Å². The minimum absolute atomic E-state index is 0.0150. The van der Waals surface area contributed by atoms with Crippen molar-refractivity contribution in [3.8, 4) is 5.75 Å². The molecule has 5 N–H and O–H groups in total. The van der Waals surface area contributed by atoms with Crippen molar-refractivity contribution in [2.24, 2.45) is 5.92 Å². The van der Waals surface area contributed by atoms with Crippen LogP contribution in [0.2, 0.25) is 0 Å². The summed E-state index contributed by atoms with van der Waals surface area (Å²) in [4.78, 5) is 68.6. The zero-order valence-electron chi connectivity index (χ0n) is 27.7. The van der Waals surface area contributed by atoms with Crippen LogP contribution in [0, 0.1) is 5.92 Å². The highest BCUT2D eigenvalue weighted by atomic mass is 16.3. The summed E-state index contributed by atoms with van der Waals surface area (Å²) < 4.78 is 0. The second-order valence-electron chi connectivity index (χ2n) is 12.6. The van der Waals surface area contributed by atoms with Gasteiger partial charge in [-0.25, -0.2) is 0 Å². The van der Waals surface area contributed by atoms with Crippen LogP contribution in [-0.4, -0.2) is 70.8 Å². The fourth-order valence-electron chi connectivity index (χ4n) is 5.50. The number of aromatic hydroxyl groups is 1. The normalized spacial score (nSPS) is 20.2. The molecule has 0 spiro atoms. The van der Waals surface area contributed by atoms with E-state index >= 15 is 0 Å². The predicted molar refractivity (Wildman–Crippen MR) is 182 cm³/mol. The first-order valence-corrected chi connectivity index (χ1v) is 16.4.